The molecule has 3 nitrogen and oxygen atoms in total. The standard InChI is InChI=1S/C13H13ClN2O/c1-9-7-11(16-13(8-14)15-9)10-5-3-4-6-12(10)17-2/h3-7H,8H2,1-2H3. The lowest BCUT2D eigenvalue weighted by molar-refractivity contribution is 0.416. The highest BCUT2D eigenvalue weighted by Gasteiger charge is 2.08. The summed E-state index contributed by atoms with van der Waals surface area (Å²) >= 11 is 5.78. The van der Waals surface area contributed by atoms with Gasteiger partial charge in [-0.25, -0.2) is 9.97 Å². The van der Waals surface area contributed by atoms with Gasteiger partial charge in [-0.15, -0.1) is 11.6 Å². The second kappa shape index (κ2) is 5.15. The molecule has 0 aliphatic carbocycles. The molecule has 0 N–H and O–H groups in total. The molecule has 0 radical (unpaired) electrons. The first kappa shape index (κ1) is 11.9. The zero-order valence-electron chi connectivity index (χ0n) is 9.77. The maximum Gasteiger partial charge on any atom is 0.143 e. The Kier molecular flexibility index (Phi) is 3.59. The molecule has 0 saturated heterocycles. The van der Waals surface area contributed by atoms with E-state index in [0.29, 0.717) is 11.7 Å². The predicted molar refractivity (Wildman–Crippen MR) is 68.3 cm³/mol. The molecule has 17 heavy (non-hydrogen) atoms. The number of benzene rings is 1. The average molecular weight is 249 g/mol. The summed E-state index contributed by atoms with van der Waals surface area (Å²) in [6.07, 6.45) is 0. The van der Waals surface area contributed by atoms with Crippen LogP contribution in [0.25, 0.3) is 11.3 Å². The third-order valence-corrected chi connectivity index (χ3v) is 2.64. The van der Waals surface area contributed by atoms with Crippen molar-refractivity contribution in [3.8, 4) is 17.0 Å². The van der Waals surface area contributed by atoms with Crippen LogP contribution in [0.15, 0.2) is 30.3 Å². The van der Waals surface area contributed by atoms with Crippen molar-refractivity contribution in [3.63, 3.8) is 0 Å². The monoisotopic (exact) mass is 248 g/mol. The summed E-state index contributed by atoms with van der Waals surface area (Å²) < 4.78 is 5.32. The van der Waals surface area contributed by atoms with Crippen molar-refractivity contribution in [2.75, 3.05) is 7.11 Å². The van der Waals surface area contributed by atoms with Crippen molar-refractivity contribution in [3.05, 3.63) is 41.9 Å². The number of hydrogen-bond acceptors (Lipinski definition) is 3. The fourth-order valence-electron chi connectivity index (χ4n) is 1.68. The molecule has 4 heteroatoms. The molecule has 1 aromatic heterocycles. The highest BCUT2D eigenvalue weighted by atomic mass is 35.5. The normalized spacial score (nSPS) is 10.3. The number of rotatable bonds is 3. The predicted octanol–water partition coefficient (Wildman–Crippen LogP) is 3.20. The van der Waals surface area contributed by atoms with Gasteiger partial charge in [-0.3, -0.25) is 0 Å². The molecule has 0 bridgehead atoms. The number of para-hydroxylation sites is 1. The minimum atomic E-state index is 0.309. The van der Waals surface area contributed by atoms with Gasteiger partial charge in [-0.2, -0.15) is 0 Å². The first-order chi connectivity index (χ1) is 8.24. The van der Waals surface area contributed by atoms with Gasteiger partial charge in [-0.05, 0) is 25.1 Å². The largest absolute Gasteiger partial charge is 0.496 e. The second-order valence-electron chi connectivity index (χ2n) is 3.64. The van der Waals surface area contributed by atoms with Crippen LogP contribution >= 0.6 is 11.6 Å². The number of halogens is 1. The van der Waals surface area contributed by atoms with E-state index in [9.17, 15) is 0 Å². The Balaban J connectivity index is 2.55. The molecule has 0 aliphatic heterocycles. The van der Waals surface area contributed by atoms with E-state index in [1.165, 1.54) is 0 Å². The van der Waals surface area contributed by atoms with Crippen molar-refractivity contribution in [2.45, 2.75) is 12.8 Å². The van der Waals surface area contributed by atoms with E-state index < -0.39 is 0 Å². The summed E-state index contributed by atoms with van der Waals surface area (Å²) in [4.78, 5) is 8.66. The van der Waals surface area contributed by atoms with Gasteiger partial charge >= 0.3 is 0 Å². The van der Waals surface area contributed by atoms with Crippen LogP contribution in [-0.2, 0) is 5.88 Å². The molecule has 0 unspecified atom stereocenters. The van der Waals surface area contributed by atoms with E-state index >= 15 is 0 Å². The minimum Gasteiger partial charge on any atom is -0.496 e. The second-order valence-corrected chi connectivity index (χ2v) is 3.91. The number of aromatic nitrogens is 2. The van der Waals surface area contributed by atoms with Crippen LogP contribution in [0.2, 0.25) is 0 Å². The van der Waals surface area contributed by atoms with Gasteiger partial charge in [0, 0.05) is 11.3 Å². The molecule has 2 rings (SSSR count). The molecular formula is C13H13ClN2O. The highest BCUT2D eigenvalue weighted by Crippen LogP contribution is 2.28. The summed E-state index contributed by atoms with van der Waals surface area (Å²) in [5.74, 6) is 1.74. The Morgan fingerprint density at radius 3 is 2.71 bits per heavy atom. The Labute approximate surface area is 105 Å². The molecule has 88 valence electrons. The quantitative estimate of drug-likeness (QED) is 0.783. The van der Waals surface area contributed by atoms with Gasteiger partial charge in [0.2, 0.25) is 0 Å². The van der Waals surface area contributed by atoms with Crippen LogP contribution < -0.4 is 4.74 Å². The molecule has 0 spiro atoms. The number of hydrogen-bond donors (Lipinski definition) is 0. The van der Waals surface area contributed by atoms with Crippen molar-refractivity contribution < 1.29 is 4.74 Å². The molecule has 1 heterocycles. The molecule has 0 aliphatic rings. The van der Waals surface area contributed by atoms with E-state index in [2.05, 4.69) is 9.97 Å². The molecular weight excluding hydrogens is 236 g/mol. The summed E-state index contributed by atoms with van der Waals surface area (Å²) in [6, 6.07) is 9.69. The summed E-state index contributed by atoms with van der Waals surface area (Å²) in [6.45, 7) is 1.93. The van der Waals surface area contributed by atoms with Gasteiger partial charge in [0.05, 0.1) is 18.7 Å². The van der Waals surface area contributed by atoms with Crippen LogP contribution in [0.1, 0.15) is 11.5 Å². The summed E-state index contributed by atoms with van der Waals surface area (Å²) in [5, 5.41) is 0. The van der Waals surface area contributed by atoms with E-state index in [4.69, 9.17) is 16.3 Å². The van der Waals surface area contributed by atoms with E-state index in [1.807, 2.05) is 37.3 Å². The zero-order chi connectivity index (χ0) is 12.3. The Bertz CT molecular complexity index is 529. The van der Waals surface area contributed by atoms with Gasteiger partial charge in [0.25, 0.3) is 0 Å². The Morgan fingerprint density at radius 1 is 1.24 bits per heavy atom. The van der Waals surface area contributed by atoms with Crippen molar-refractivity contribution in [2.24, 2.45) is 0 Å². The molecule has 0 saturated carbocycles. The third-order valence-electron chi connectivity index (χ3n) is 2.40. The number of aryl methyl sites for hydroxylation is 1. The smallest absolute Gasteiger partial charge is 0.143 e. The van der Waals surface area contributed by atoms with Gasteiger partial charge in [0.15, 0.2) is 0 Å². The lowest BCUT2D eigenvalue weighted by Crippen LogP contribution is -1.97. The van der Waals surface area contributed by atoms with Crippen LogP contribution in [0.3, 0.4) is 0 Å². The molecule has 0 atom stereocenters. The topological polar surface area (TPSA) is 35.0 Å². The molecule has 0 fully saturated rings. The van der Waals surface area contributed by atoms with Crippen LogP contribution in [0.5, 0.6) is 5.75 Å². The van der Waals surface area contributed by atoms with Crippen molar-refractivity contribution in [1.29, 1.82) is 0 Å². The van der Waals surface area contributed by atoms with Crippen LogP contribution in [0.4, 0.5) is 0 Å². The average Bonchev–Trinajstić information content (AvgIpc) is 2.37. The van der Waals surface area contributed by atoms with Gasteiger partial charge in [0.1, 0.15) is 11.6 Å². The number of ether oxygens (including phenoxy) is 1. The van der Waals surface area contributed by atoms with E-state index in [1.54, 1.807) is 7.11 Å². The maximum atomic E-state index is 5.78. The number of methoxy groups -OCH3 is 1. The van der Waals surface area contributed by atoms with Crippen LogP contribution in [0, 0.1) is 6.92 Å². The summed E-state index contributed by atoms with van der Waals surface area (Å²) in [7, 11) is 1.65. The number of alkyl halides is 1. The molecule has 1 aromatic carbocycles. The lowest BCUT2D eigenvalue weighted by Gasteiger charge is -2.08. The van der Waals surface area contributed by atoms with Crippen molar-refractivity contribution in [1.82, 2.24) is 9.97 Å². The van der Waals surface area contributed by atoms with E-state index in [-0.39, 0.29) is 0 Å². The first-order valence-corrected chi connectivity index (χ1v) is 5.82. The van der Waals surface area contributed by atoms with Crippen LogP contribution in [-0.4, -0.2) is 17.1 Å². The fourth-order valence-corrected chi connectivity index (χ4v) is 1.80. The molecule has 2 aromatic rings. The lowest BCUT2D eigenvalue weighted by atomic mass is 10.1. The maximum absolute atomic E-state index is 5.78. The highest BCUT2D eigenvalue weighted by molar-refractivity contribution is 6.16. The number of nitrogens with zero attached hydrogens (tertiary/aromatic N) is 2. The van der Waals surface area contributed by atoms with Gasteiger partial charge < -0.3 is 4.74 Å². The first-order valence-electron chi connectivity index (χ1n) is 5.28. The Hall–Kier alpha value is -1.61. The fraction of sp³-hybridized carbons (Fsp3) is 0.231. The zero-order valence-corrected chi connectivity index (χ0v) is 10.5. The minimum absolute atomic E-state index is 0.309. The SMILES string of the molecule is COc1ccccc1-c1cc(C)nc(CCl)n1. The van der Waals surface area contributed by atoms with Crippen molar-refractivity contribution >= 4 is 11.6 Å². The molecule has 0 amide bonds. The third kappa shape index (κ3) is 2.56. The Morgan fingerprint density at radius 2 is 2.00 bits per heavy atom. The summed E-state index contributed by atoms with van der Waals surface area (Å²) in [5.41, 5.74) is 2.69. The van der Waals surface area contributed by atoms with Gasteiger partial charge in [-0.1, -0.05) is 12.1 Å². The van der Waals surface area contributed by atoms with E-state index in [0.717, 1.165) is 22.7 Å².